The summed E-state index contributed by atoms with van der Waals surface area (Å²) < 4.78 is 1.31. The van der Waals surface area contributed by atoms with E-state index >= 15 is 0 Å². The Morgan fingerprint density at radius 2 is 2.14 bits per heavy atom. The molecule has 0 aliphatic carbocycles. The summed E-state index contributed by atoms with van der Waals surface area (Å²) in [4.78, 5) is 14.2. The molecular weight excluding hydrogens is 280 g/mol. The SMILES string of the molecule is CCCCNC(=O)[C@H](C)N(C)Cc1csc2ccccc12. The molecule has 4 heteroatoms. The van der Waals surface area contributed by atoms with E-state index in [2.05, 4.69) is 46.8 Å². The number of hydrogen-bond donors (Lipinski definition) is 1. The highest BCUT2D eigenvalue weighted by Gasteiger charge is 2.18. The number of thiophene rings is 1. The van der Waals surface area contributed by atoms with Crippen LogP contribution in [-0.4, -0.2) is 30.4 Å². The normalized spacial score (nSPS) is 12.8. The summed E-state index contributed by atoms with van der Waals surface area (Å²) in [6, 6.07) is 8.32. The molecule has 1 atom stereocenters. The number of hydrogen-bond acceptors (Lipinski definition) is 3. The van der Waals surface area contributed by atoms with E-state index in [1.807, 2.05) is 14.0 Å². The van der Waals surface area contributed by atoms with Crippen molar-refractivity contribution in [3.63, 3.8) is 0 Å². The monoisotopic (exact) mass is 304 g/mol. The van der Waals surface area contributed by atoms with Gasteiger partial charge < -0.3 is 5.32 Å². The van der Waals surface area contributed by atoms with Crippen molar-refractivity contribution in [2.75, 3.05) is 13.6 Å². The molecule has 0 aliphatic rings. The van der Waals surface area contributed by atoms with Gasteiger partial charge in [0, 0.05) is 17.8 Å². The Balaban J connectivity index is 1.97. The van der Waals surface area contributed by atoms with Gasteiger partial charge in [0.25, 0.3) is 0 Å². The molecule has 114 valence electrons. The molecule has 3 nitrogen and oxygen atoms in total. The fourth-order valence-electron chi connectivity index (χ4n) is 2.30. The minimum atomic E-state index is -0.111. The number of nitrogens with zero attached hydrogens (tertiary/aromatic N) is 1. The highest BCUT2D eigenvalue weighted by molar-refractivity contribution is 7.17. The lowest BCUT2D eigenvalue weighted by molar-refractivity contribution is -0.125. The second kappa shape index (κ2) is 7.57. The van der Waals surface area contributed by atoms with E-state index in [0.717, 1.165) is 25.9 Å². The van der Waals surface area contributed by atoms with Crippen molar-refractivity contribution in [3.8, 4) is 0 Å². The number of likely N-dealkylation sites (N-methyl/N-ethyl adjacent to an activating group) is 1. The molecule has 0 saturated carbocycles. The summed E-state index contributed by atoms with van der Waals surface area (Å²) in [7, 11) is 2.01. The zero-order chi connectivity index (χ0) is 15.2. The predicted octanol–water partition coefficient (Wildman–Crippen LogP) is 3.64. The molecule has 2 rings (SSSR count). The van der Waals surface area contributed by atoms with E-state index in [-0.39, 0.29) is 11.9 Å². The minimum absolute atomic E-state index is 0.111. The summed E-state index contributed by atoms with van der Waals surface area (Å²) >= 11 is 1.77. The predicted molar refractivity (Wildman–Crippen MR) is 90.7 cm³/mol. The van der Waals surface area contributed by atoms with Crippen LogP contribution in [-0.2, 0) is 11.3 Å². The molecule has 21 heavy (non-hydrogen) atoms. The van der Waals surface area contributed by atoms with Gasteiger partial charge in [0.1, 0.15) is 0 Å². The van der Waals surface area contributed by atoms with Crippen molar-refractivity contribution in [2.24, 2.45) is 0 Å². The van der Waals surface area contributed by atoms with Crippen LogP contribution in [0, 0.1) is 0 Å². The van der Waals surface area contributed by atoms with E-state index in [1.54, 1.807) is 11.3 Å². The molecule has 0 spiro atoms. The molecular formula is C17H24N2OS. The summed E-state index contributed by atoms with van der Waals surface area (Å²) in [5, 5.41) is 6.50. The zero-order valence-corrected chi connectivity index (χ0v) is 13.9. The van der Waals surface area contributed by atoms with Gasteiger partial charge in [-0.3, -0.25) is 9.69 Å². The van der Waals surface area contributed by atoms with Crippen LogP contribution in [0.5, 0.6) is 0 Å². The molecule has 1 aromatic carbocycles. The number of rotatable bonds is 7. The van der Waals surface area contributed by atoms with Gasteiger partial charge in [-0.1, -0.05) is 31.5 Å². The molecule has 1 aromatic heterocycles. The number of fused-ring (bicyclic) bond motifs is 1. The molecule has 0 aliphatic heterocycles. The van der Waals surface area contributed by atoms with Crippen LogP contribution in [0.2, 0.25) is 0 Å². The maximum atomic E-state index is 12.1. The molecule has 0 saturated heterocycles. The highest BCUT2D eigenvalue weighted by Crippen LogP contribution is 2.26. The van der Waals surface area contributed by atoms with Crippen LogP contribution in [0.3, 0.4) is 0 Å². The summed E-state index contributed by atoms with van der Waals surface area (Å²) in [5.41, 5.74) is 1.30. The van der Waals surface area contributed by atoms with Crippen LogP contribution in [0.4, 0.5) is 0 Å². The number of amides is 1. The second-order valence-corrected chi connectivity index (χ2v) is 6.40. The van der Waals surface area contributed by atoms with Crippen molar-refractivity contribution in [2.45, 2.75) is 39.3 Å². The molecule has 1 amide bonds. The van der Waals surface area contributed by atoms with Gasteiger partial charge in [0.05, 0.1) is 6.04 Å². The van der Waals surface area contributed by atoms with E-state index in [0.29, 0.717) is 0 Å². The van der Waals surface area contributed by atoms with E-state index in [4.69, 9.17) is 0 Å². The lowest BCUT2D eigenvalue weighted by atomic mass is 10.1. The second-order valence-electron chi connectivity index (χ2n) is 5.49. The first-order valence-corrected chi connectivity index (χ1v) is 8.44. The van der Waals surface area contributed by atoms with Crippen LogP contribution in [0.15, 0.2) is 29.6 Å². The quantitative estimate of drug-likeness (QED) is 0.792. The first-order valence-electron chi connectivity index (χ1n) is 7.56. The summed E-state index contributed by atoms with van der Waals surface area (Å²) in [6.07, 6.45) is 2.14. The fraction of sp³-hybridized carbons (Fsp3) is 0.471. The Morgan fingerprint density at radius 3 is 2.90 bits per heavy atom. The average molecular weight is 304 g/mol. The maximum absolute atomic E-state index is 12.1. The van der Waals surface area contributed by atoms with E-state index in [9.17, 15) is 4.79 Å². The first kappa shape index (κ1) is 16.0. The summed E-state index contributed by atoms with van der Waals surface area (Å²) in [5.74, 6) is 0.116. The third kappa shape index (κ3) is 4.05. The van der Waals surface area contributed by atoms with Gasteiger partial charge in [-0.25, -0.2) is 0 Å². The maximum Gasteiger partial charge on any atom is 0.237 e. The Morgan fingerprint density at radius 1 is 1.38 bits per heavy atom. The average Bonchev–Trinajstić information content (AvgIpc) is 2.90. The van der Waals surface area contributed by atoms with Crippen molar-refractivity contribution < 1.29 is 4.79 Å². The Kier molecular flexibility index (Phi) is 5.76. The van der Waals surface area contributed by atoms with Crippen molar-refractivity contribution in [3.05, 3.63) is 35.2 Å². The van der Waals surface area contributed by atoms with Crippen molar-refractivity contribution in [1.82, 2.24) is 10.2 Å². The van der Waals surface area contributed by atoms with Crippen LogP contribution in [0.1, 0.15) is 32.3 Å². The van der Waals surface area contributed by atoms with Crippen LogP contribution < -0.4 is 5.32 Å². The van der Waals surface area contributed by atoms with E-state index < -0.39 is 0 Å². The Labute approximate surface area is 131 Å². The van der Waals surface area contributed by atoms with Gasteiger partial charge >= 0.3 is 0 Å². The molecule has 0 fully saturated rings. The number of unbranched alkanes of at least 4 members (excludes halogenated alkanes) is 1. The first-order chi connectivity index (χ1) is 10.1. The largest absolute Gasteiger partial charge is 0.355 e. The summed E-state index contributed by atoms with van der Waals surface area (Å²) in [6.45, 7) is 5.67. The fourth-order valence-corrected chi connectivity index (χ4v) is 3.25. The van der Waals surface area contributed by atoms with Gasteiger partial charge in [-0.15, -0.1) is 11.3 Å². The molecule has 1 N–H and O–H groups in total. The van der Waals surface area contributed by atoms with Gasteiger partial charge in [0.2, 0.25) is 5.91 Å². The van der Waals surface area contributed by atoms with Gasteiger partial charge in [-0.05, 0) is 42.8 Å². The third-order valence-corrected chi connectivity index (χ3v) is 4.86. The molecule has 0 bridgehead atoms. The number of benzene rings is 1. The van der Waals surface area contributed by atoms with Crippen molar-refractivity contribution >= 4 is 27.3 Å². The number of nitrogens with one attached hydrogen (secondary N) is 1. The van der Waals surface area contributed by atoms with Gasteiger partial charge in [-0.2, -0.15) is 0 Å². The van der Waals surface area contributed by atoms with Gasteiger partial charge in [0.15, 0.2) is 0 Å². The minimum Gasteiger partial charge on any atom is -0.355 e. The molecule has 1 heterocycles. The van der Waals surface area contributed by atoms with Crippen LogP contribution >= 0.6 is 11.3 Å². The zero-order valence-electron chi connectivity index (χ0n) is 13.1. The topological polar surface area (TPSA) is 32.3 Å². The Bertz CT molecular complexity index is 593. The Hall–Kier alpha value is -1.39. The molecule has 0 unspecified atom stereocenters. The standard InChI is InChI=1S/C17H24N2OS/c1-4-5-10-18-17(20)13(2)19(3)11-14-12-21-16-9-7-6-8-15(14)16/h6-9,12-13H,4-5,10-11H2,1-3H3,(H,18,20)/t13-/m0/s1. The number of carbonyl (C=O) groups excluding carboxylic acids is 1. The van der Waals surface area contributed by atoms with Crippen molar-refractivity contribution in [1.29, 1.82) is 0 Å². The third-order valence-electron chi connectivity index (χ3n) is 3.85. The lowest BCUT2D eigenvalue weighted by Gasteiger charge is -2.23. The lowest BCUT2D eigenvalue weighted by Crippen LogP contribution is -2.43. The number of carbonyl (C=O) groups is 1. The van der Waals surface area contributed by atoms with Crippen LogP contribution in [0.25, 0.3) is 10.1 Å². The highest BCUT2D eigenvalue weighted by atomic mass is 32.1. The smallest absolute Gasteiger partial charge is 0.237 e. The molecule has 0 radical (unpaired) electrons. The van der Waals surface area contributed by atoms with E-state index in [1.165, 1.54) is 15.6 Å². The molecule has 2 aromatic rings.